The first-order valence-electron chi connectivity index (χ1n) is 7.31. The fourth-order valence-corrected chi connectivity index (χ4v) is 2.48. The highest BCUT2D eigenvalue weighted by Crippen LogP contribution is 2.33. The van der Waals surface area contributed by atoms with Crippen molar-refractivity contribution in [3.05, 3.63) is 72.1 Å². The van der Waals surface area contributed by atoms with Crippen molar-refractivity contribution in [2.24, 2.45) is 7.05 Å². The molecule has 2 heterocycles. The van der Waals surface area contributed by atoms with Crippen LogP contribution in [-0.2, 0) is 7.05 Å². The minimum Gasteiger partial charge on any atom is -0.438 e. The van der Waals surface area contributed by atoms with E-state index in [1.165, 1.54) is 0 Å². The number of hydrogen-bond acceptors (Lipinski definition) is 2. The number of nitrogens with zero attached hydrogens (tertiary/aromatic N) is 2. The van der Waals surface area contributed by atoms with Gasteiger partial charge in [0.25, 0.3) is 0 Å². The van der Waals surface area contributed by atoms with Gasteiger partial charge in [0.15, 0.2) is 6.20 Å². The summed E-state index contributed by atoms with van der Waals surface area (Å²) in [5.41, 5.74) is 4.33. The summed E-state index contributed by atoms with van der Waals surface area (Å²) in [6, 6.07) is 16.1. The Kier molecular flexibility index (Phi) is 3.88. The largest absolute Gasteiger partial charge is 0.438 e. The van der Waals surface area contributed by atoms with E-state index in [-0.39, 0.29) is 0 Å². The van der Waals surface area contributed by atoms with E-state index in [4.69, 9.17) is 4.74 Å². The second kappa shape index (κ2) is 5.98. The summed E-state index contributed by atoms with van der Waals surface area (Å²) in [6.07, 6.45) is 3.81. The molecule has 0 bridgehead atoms. The third kappa shape index (κ3) is 2.70. The Morgan fingerprint density at radius 1 is 0.909 bits per heavy atom. The summed E-state index contributed by atoms with van der Waals surface area (Å²) in [5, 5.41) is 0. The average Bonchev–Trinajstić information content (AvgIpc) is 2.51. The zero-order chi connectivity index (χ0) is 15.5. The molecule has 1 aromatic carbocycles. The van der Waals surface area contributed by atoms with E-state index in [0.717, 1.165) is 28.1 Å². The molecule has 0 aliphatic carbocycles. The molecule has 0 saturated heterocycles. The van der Waals surface area contributed by atoms with E-state index in [9.17, 15) is 0 Å². The monoisotopic (exact) mass is 291 g/mol. The Hall–Kier alpha value is -2.68. The van der Waals surface area contributed by atoms with Crippen molar-refractivity contribution in [1.82, 2.24) is 4.98 Å². The van der Waals surface area contributed by atoms with Gasteiger partial charge >= 0.3 is 0 Å². The van der Waals surface area contributed by atoms with Gasteiger partial charge in [-0.3, -0.25) is 0 Å². The van der Waals surface area contributed by atoms with Crippen molar-refractivity contribution < 1.29 is 9.30 Å². The second-order valence-corrected chi connectivity index (χ2v) is 5.37. The van der Waals surface area contributed by atoms with Crippen LogP contribution in [0.2, 0.25) is 0 Å². The van der Waals surface area contributed by atoms with Gasteiger partial charge in [0, 0.05) is 18.3 Å². The first-order valence-corrected chi connectivity index (χ1v) is 7.31. The van der Waals surface area contributed by atoms with Gasteiger partial charge in [-0.15, -0.1) is 0 Å². The molecule has 3 aromatic rings. The van der Waals surface area contributed by atoms with Crippen LogP contribution in [0.4, 0.5) is 0 Å². The maximum atomic E-state index is 6.11. The van der Waals surface area contributed by atoms with E-state index in [0.29, 0.717) is 5.88 Å². The summed E-state index contributed by atoms with van der Waals surface area (Å²) in [6.45, 7) is 4.11. The van der Waals surface area contributed by atoms with E-state index in [2.05, 4.69) is 22.5 Å². The lowest BCUT2D eigenvalue weighted by Gasteiger charge is -2.12. The summed E-state index contributed by atoms with van der Waals surface area (Å²) < 4.78 is 8.18. The lowest BCUT2D eigenvalue weighted by molar-refractivity contribution is -0.660. The molecule has 0 N–H and O–H groups in total. The van der Waals surface area contributed by atoms with Crippen LogP contribution in [0.5, 0.6) is 11.6 Å². The van der Waals surface area contributed by atoms with Crippen molar-refractivity contribution in [2.75, 3.05) is 0 Å². The highest BCUT2D eigenvalue weighted by Gasteiger charge is 2.19. The Labute approximate surface area is 130 Å². The smallest absolute Gasteiger partial charge is 0.233 e. The van der Waals surface area contributed by atoms with Crippen molar-refractivity contribution in [3.8, 4) is 22.9 Å². The Morgan fingerprint density at radius 2 is 1.68 bits per heavy atom. The molecule has 0 aliphatic heterocycles. The van der Waals surface area contributed by atoms with Crippen LogP contribution in [0.25, 0.3) is 11.3 Å². The standard InChI is InChI=1S/C19H19N2O/c1-14-8-4-5-10-17(14)22-19-18(15(2)11-12-20-19)16-9-6-7-13-21(16)3/h4-13H,1-3H3/q+1. The van der Waals surface area contributed by atoms with Crippen molar-refractivity contribution in [1.29, 1.82) is 0 Å². The quantitative estimate of drug-likeness (QED) is 0.682. The van der Waals surface area contributed by atoms with E-state index in [1.54, 1.807) is 6.20 Å². The van der Waals surface area contributed by atoms with Crippen LogP contribution in [0.3, 0.4) is 0 Å². The fraction of sp³-hybridized carbons (Fsp3) is 0.158. The maximum Gasteiger partial charge on any atom is 0.233 e. The molecule has 0 aliphatic rings. The zero-order valence-electron chi connectivity index (χ0n) is 13.1. The Bertz CT molecular complexity index is 812. The molecule has 3 heteroatoms. The Balaban J connectivity index is 2.12. The average molecular weight is 291 g/mol. The Morgan fingerprint density at radius 3 is 2.45 bits per heavy atom. The highest BCUT2D eigenvalue weighted by atomic mass is 16.5. The van der Waals surface area contributed by atoms with Gasteiger partial charge in [0.05, 0.1) is 0 Å². The predicted octanol–water partition coefficient (Wildman–Crippen LogP) is 3.98. The second-order valence-electron chi connectivity index (χ2n) is 5.37. The first-order chi connectivity index (χ1) is 10.7. The van der Waals surface area contributed by atoms with Crippen molar-refractivity contribution >= 4 is 0 Å². The number of aryl methyl sites for hydroxylation is 3. The van der Waals surface area contributed by atoms with Crippen LogP contribution in [0.1, 0.15) is 11.1 Å². The number of hydrogen-bond donors (Lipinski definition) is 0. The molecule has 0 spiro atoms. The molecular weight excluding hydrogens is 272 g/mol. The molecule has 22 heavy (non-hydrogen) atoms. The third-order valence-electron chi connectivity index (χ3n) is 3.74. The van der Waals surface area contributed by atoms with Crippen molar-refractivity contribution in [3.63, 3.8) is 0 Å². The third-order valence-corrected chi connectivity index (χ3v) is 3.74. The van der Waals surface area contributed by atoms with Crippen LogP contribution in [0.15, 0.2) is 60.9 Å². The summed E-state index contributed by atoms with van der Waals surface area (Å²) in [7, 11) is 2.03. The van der Waals surface area contributed by atoms with Gasteiger partial charge in [-0.25, -0.2) is 9.55 Å². The molecule has 0 unspecified atom stereocenters. The minimum atomic E-state index is 0.635. The number of aromatic nitrogens is 2. The van der Waals surface area contributed by atoms with Gasteiger partial charge in [-0.1, -0.05) is 18.2 Å². The lowest BCUT2D eigenvalue weighted by Crippen LogP contribution is -2.30. The molecule has 3 rings (SSSR count). The molecular formula is C19H19N2O+. The van der Waals surface area contributed by atoms with Gasteiger partial charge in [0.2, 0.25) is 11.6 Å². The maximum absolute atomic E-state index is 6.11. The number of para-hydroxylation sites is 1. The number of rotatable bonds is 3. The summed E-state index contributed by atoms with van der Waals surface area (Å²) >= 11 is 0. The predicted molar refractivity (Wildman–Crippen MR) is 86.8 cm³/mol. The van der Waals surface area contributed by atoms with E-state index < -0.39 is 0 Å². The molecule has 2 aromatic heterocycles. The fourth-order valence-electron chi connectivity index (χ4n) is 2.48. The van der Waals surface area contributed by atoms with Gasteiger partial charge in [-0.05, 0) is 43.2 Å². The summed E-state index contributed by atoms with van der Waals surface area (Å²) in [4.78, 5) is 4.46. The molecule has 0 amide bonds. The lowest BCUT2D eigenvalue weighted by atomic mass is 10.1. The number of ether oxygens (including phenoxy) is 1. The van der Waals surface area contributed by atoms with Crippen LogP contribution in [-0.4, -0.2) is 4.98 Å². The molecule has 3 nitrogen and oxygen atoms in total. The summed E-state index contributed by atoms with van der Waals surface area (Å²) in [5.74, 6) is 1.47. The number of pyridine rings is 2. The molecule has 0 saturated carbocycles. The SMILES string of the molecule is Cc1ccccc1Oc1nccc(C)c1-c1cccc[n+]1C. The molecule has 110 valence electrons. The molecule has 0 radical (unpaired) electrons. The topological polar surface area (TPSA) is 26.0 Å². The highest BCUT2D eigenvalue weighted by molar-refractivity contribution is 5.67. The molecule has 0 atom stereocenters. The minimum absolute atomic E-state index is 0.635. The van der Waals surface area contributed by atoms with E-state index >= 15 is 0 Å². The molecule has 0 fully saturated rings. The van der Waals surface area contributed by atoms with Gasteiger partial charge in [0.1, 0.15) is 18.4 Å². The van der Waals surface area contributed by atoms with Crippen molar-refractivity contribution in [2.45, 2.75) is 13.8 Å². The van der Waals surface area contributed by atoms with Crippen LogP contribution in [0, 0.1) is 13.8 Å². The first kappa shape index (κ1) is 14.3. The normalized spacial score (nSPS) is 10.5. The van der Waals surface area contributed by atoms with Crippen LogP contribution >= 0.6 is 0 Å². The van der Waals surface area contributed by atoms with Gasteiger partial charge in [-0.2, -0.15) is 0 Å². The van der Waals surface area contributed by atoms with Crippen LogP contribution < -0.4 is 9.30 Å². The zero-order valence-corrected chi connectivity index (χ0v) is 13.1. The number of benzene rings is 1. The van der Waals surface area contributed by atoms with E-state index in [1.807, 2.05) is 62.6 Å². The van der Waals surface area contributed by atoms with Gasteiger partial charge < -0.3 is 4.74 Å².